The first-order chi connectivity index (χ1) is 9.63. The highest BCUT2D eigenvalue weighted by molar-refractivity contribution is 5.89. The van der Waals surface area contributed by atoms with Gasteiger partial charge in [-0.3, -0.25) is 9.80 Å². The summed E-state index contributed by atoms with van der Waals surface area (Å²) < 4.78 is 14.1. The smallest absolute Gasteiger partial charge is 0.248 e. The van der Waals surface area contributed by atoms with Crippen molar-refractivity contribution in [2.45, 2.75) is 38.0 Å². The molecule has 0 saturated carbocycles. The van der Waals surface area contributed by atoms with Gasteiger partial charge in [0.15, 0.2) is 0 Å². The Bertz CT molecular complexity index is 519. The largest absolute Gasteiger partial charge is 0.275 e. The number of amides is 1. The van der Waals surface area contributed by atoms with Crippen LogP contribution >= 0.6 is 0 Å². The highest BCUT2D eigenvalue weighted by atomic mass is 19.1. The summed E-state index contributed by atoms with van der Waals surface area (Å²) in [6.07, 6.45) is 4.54. The first-order valence-corrected chi connectivity index (χ1v) is 7.45. The van der Waals surface area contributed by atoms with Crippen LogP contribution in [0.3, 0.4) is 0 Å². The van der Waals surface area contributed by atoms with E-state index >= 15 is 0 Å². The van der Waals surface area contributed by atoms with Gasteiger partial charge in [0.2, 0.25) is 5.91 Å². The molecule has 20 heavy (non-hydrogen) atoms. The van der Waals surface area contributed by atoms with Gasteiger partial charge in [-0.25, -0.2) is 9.40 Å². The minimum absolute atomic E-state index is 0.0458. The molecule has 2 heterocycles. The van der Waals surface area contributed by atoms with Gasteiger partial charge in [-0.1, -0.05) is 31.0 Å². The van der Waals surface area contributed by atoms with Crippen LogP contribution in [-0.4, -0.2) is 35.6 Å². The zero-order valence-corrected chi connectivity index (χ0v) is 11.9. The van der Waals surface area contributed by atoms with Crippen molar-refractivity contribution in [3.63, 3.8) is 0 Å². The summed E-state index contributed by atoms with van der Waals surface area (Å²) in [6.45, 7) is 4.13. The number of fused-ring (bicyclic) bond motifs is 1. The van der Waals surface area contributed by atoms with Crippen LogP contribution in [0.25, 0.3) is 0 Å². The molecule has 1 amide bonds. The summed E-state index contributed by atoms with van der Waals surface area (Å²) in [4.78, 5) is 12.8. The molecule has 0 N–H and O–H groups in total. The summed E-state index contributed by atoms with van der Waals surface area (Å²) in [5.41, 5.74) is -0.230. The number of hydrogen-bond donors (Lipinski definition) is 0. The van der Waals surface area contributed by atoms with Crippen LogP contribution in [-0.2, 0) is 10.2 Å². The summed E-state index contributed by atoms with van der Waals surface area (Å²) in [6, 6.07) is 6.67. The lowest BCUT2D eigenvalue weighted by atomic mass is 9.82. The van der Waals surface area contributed by atoms with Crippen molar-refractivity contribution < 1.29 is 9.18 Å². The second-order valence-corrected chi connectivity index (χ2v) is 6.04. The molecule has 1 aromatic carbocycles. The zero-order valence-electron chi connectivity index (χ0n) is 11.9. The molecule has 1 aromatic rings. The summed E-state index contributed by atoms with van der Waals surface area (Å²) in [5, 5.41) is 3.97. The summed E-state index contributed by atoms with van der Waals surface area (Å²) >= 11 is 0. The van der Waals surface area contributed by atoms with Crippen LogP contribution in [0.2, 0.25) is 0 Å². The molecule has 2 fully saturated rings. The topological polar surface area (TPSA) is 23.6 Å². The molecule has 0 bridgehead atoms. The molecule has 2 saturated heterocycles. The van der Waals surface area contributed by atoms with Crippen LogP contribution < -0.4 is 0 Å². The maximum atomic E-state index is 14.1. The van der Waals surface area contributed by atoms with Crippen LogP contribution in [0.5, 0.6) is 0 Å². The van der Waals surface area contributed by atoms with E-state index in [1.165, 1.54) is 18.9 Å². The molecule has 0 aliphatic carbocycles. The van der Waals surface area contributed by atoms with Crippen molar-refractivity contribution in [1.29, 1.82) is 0 Å². The fraction of sp³-hybridized carbons (Fsp3) is 0.562. The Kier molecular flexibility index (Phi) is 3.50. The standard InChI is InChI=1S/C16H21FN2O/c1-16(13-8-4-5-9-14(13)17)12-18-10-6-2-3-7-11-19(18)15(16)20/h4-5,8-9H,2-3,6-7,10-12H2,1H3. The van der Waals surface area contributed by atoms with Crippen molar-refractivity contribution in [3.05, 3.63) is 35.6 Å². The average Bonchev–Trinajstić information content (AvgIpc) is 2.63. The number of carbonyl (C=O) groups is 1. The third-order valence-electron chi connectivity index (χ3n) is 4.55. The third-order valence-corrected chi connectivity index (χ3v) is 4.55. The normalized spacial score (nSPS) is 28.1. The van der Waals surface area contributed by atoms with E-state index in [2.05, 4.69) is 5.01 Å². The van der Waals surface area contributed by atoms with Gasteiger partial charge in [-0.05, 0) is 25.8 Å². The van der Waals surface area contributed by atoms with Gasteiger partial charge in [0.25, 0.3) is 0 Å². The van der Waals surface area contributed by atoms with Crippen LogP contribution in [0.4, 0.5) is 4.39 Å². The van der Waals surface area contributed by atoms with Crippen LogP contribution in [0.1, 0.15) is 38.2 Å². The van der Waals surface area contributed by atoms with E-state index in [1.807, 2.05) is 18.0 Å². The molecule has 0 spiro atoms. The van der Waals surface area contributed by atoms with Gasteiger partial charge >= 0.3 is 0 Å². The Hall–Kier alpha value is -1.42. The molecule has 4 heteroatoms. The van der Waals surface area contributed by atoms with E-state index < -0.39 is 5.41 Å². The Balaban J connectivity index is 1.94. The fourth-order valence-electron chi connectivity index (χ4n) is 3.39. The van der Waals surface area contributed by atoms with Gasteiger partial charge in [-0.15, -0.1) is 0 Å². The first kappa shape index (κ1) is 13.6. The molecule has 3 nitrogen and oxygen atoms in total. The molecule has 3 rings (SSSR count). The van der Waals surface area contributed by atoms with E-state index in [4.69, 9.17) is 0 Å². The van der Waals surface area contributed by atoms with Crippen LogP contribution in [0.15, 0.2) is 24.3 Å². The van der Waals surface area contributed by atoms with Gasteiger partial charge in [0, 0.05) is 25.2 Å². The van der Waals surface area contributed by atoms with E-state index in [9.17, 15) is 9.18 Å². The molecule has 0 radical (unpaired) electrons. The number of benzene rings is 1. The van der Waals surface area contributed by atoms with E-state index in [0.29, 0.717) is 12.1 Å². The van der Waals surface area contributed by atoms with E-state index in [0.717, 1.165) is 25.9 Å². The molecule has 108 valence electrons. The van der Waals surface area contributed by atoms with E-state index in [-0.39, 0.29) is 11.7 Å². The van der Waals surface area contributed by atoms with Crippen molar-refractivity contribution in [3.8, 4) is 0 Å². The lowest BCUT2D eigenvalue weighted by molar-refractivity contribution is -0.141. The zero-order chi connectivity index (χ0) is 14.2. The molecule has 2 aliphatic heterocycles. The first-order valence-electron chi connectivity index (χ1n) is 7.45. The van der Waals surface area contributed by atoms with Crippen molar-refractivity contribution in [1.82, 2.24) is 10.0 Å². The maximum absolute atomic E-state index is 14.1. The number of carbonyl (C=O) groups excluding carboxylic acids is 1. The summed E-state index contributed by atoms with van der Waals surface area (Å²) in [5.74, 6) is -0.232. The van der Waals surface area contributed by atoms with E-state index in [1.54, 1.807) is 12.1 Å². The highest BCUT2D eigenvalue weighted by Gasteiger charge is 2.49. The minimum atomic E-state index is -0.754. The number of hydrazine groups is 1. The molecular formula is C16H21FN2O. The average molecular weight is 276 g/mol. The Morgan fingerprint density at radius 2 is 1.80 bits per heavy atom. The monoisotopic (exact) mass is 276 g/mol. The quantitative estimate of drug-likeness (QED) is 0.787. The number of hydrogen-bond acceptors (Lipinski definition) is 2. The number of nitrogens with zero attached hydrogens (tertiary/aromatic N) is 2. The molecule has 0 aromatic heterocycles. The van der Waals surface area contributed by atoms with Gasteiger partial charge in [0.05, 0.1) is 5.41 Å². The minimum Gasteiger partial charge on any atom is -0.275 e. The maximum Gasteiger partial charge on any atom is 0.248 e. The lowest BCUT2D eigenvalue weighted by Gasteiger charge is -2.29. The Morgan fingerprint density at radius 1 is 1.10 bits per heavy atom. The van der Waals surface area contributed by atoms with Crippen LogP contribution in [0, 0.1) is 5.82 Å². The predicted molar refractivity (Wildman–Crippen MR) is 75.5 cm³/mol. The van der Waals surface area contributed by atoms with Gasteiger partial charge in [0.1, 0.15) is 5.82 Å². The second kappa shape index (κ2) is 5.17. The fourth-order valence-corrected chi connectivity index (χ4v) is 3.39. The van der Waals surface area contributed by atoms with Crippen molar-refractivity contribution >= 4 is 5.91 Å². The third kappa shape index (κ3) is 2.12. The Labute approximate surface area is 119 Å². The second-order valence-electron chi connectivity index (χ2n) is 6.04. The highest BCUT2D eigenvalue weighted by Crippen LogP contribution is 2.36. The molecule has 1 unspecified atom stereocenters. The number of halogens is 1. The number of rotatable bonds is 1. The van der Waals surface area contributed by atoms with Gasteiger partial charge in [-0.2, -0.15) is 0 Å². The molecule has 2 aliphatic rings. The molecular weight excluding hydrogens is 255 g/mol. The van der Waals surface area contributed by atoms with Crippen molar-refractivity contribution in [2.75, 3.05) is 19.6 Å². The van der Waals surface area contributed by atoms with Gasteiger partial charge < -0.3 is 0 Å². The predicted octanol–water partition coefficient (Wildman–Crippen LogP) is 2.72. The Morgan fingerprint density at radius 3 is 2.55 bits per heavy atom. The summed E-state index contributed by atoms with van der Waals surface area (Å²) in [7, 11) is 0. The van der Waals surface area contributed by atoms with Crippen molar-refractivity contribution in [2.24, 2.45) is 0 Å². The molecule has 1 atom stereocenters. The SMILES string of the molecule is CC1(c2ccccc2F)CN2CCCCCCN2C1=O. The lowest BCUT2D eigenvalue weighted by Crippen LogP contribution is -2.42.